The van der Waals surface area contributed by atoms with Gasteiger partial charge in [0.25, 0.3) is 5.91 Å². The van der Waals surface area contributed by atoms with Crippen molar-refractivity contribution in [2.45, 2.75) is 26.6 Å². The minimum absolute atomic E-state index is 0.125. The second kappa shape index (κ2) is 6.53. The van der Waals surface area contributed by atoms with E-state index in [1.54, 1.807) is 0 Å². The van der Waals surface area contributed by atoms with Crippen LogP contribution in [0.5, 0.6) is 0 Å². The quantitative estimate of drug-likeness (QED) is 0.769. The summed E-state index contributed by atoms with van der Waals surface area (Å²) in [4.78, 5) is 14.8. The summed E-state index contributed by atoms with van der Waals surface area (Å²) in [6.45, 7) is 4.46. The fourth-order valence-electron chi connectivity index (χ4n) is 3.23. The van der Waals surface area contributed by atoms with Crippen LogP contribution in [0.1, 0.15) is 32.7 Å². The normalized spacial score (nSPS) is 13.6. The number of amides is 1. The largest absolute Gasteiger partial charge is 0.305 e. The number of aryl methyl sites for hydroxylation is 1. The molecule has 0 spiro atoms. The minimum Gasteiger partial charge on any atom is -0.305 e. The van der Waals surface area contributed by atoms with Crippen LogP contribution < -0.4 is 5.32 Å². The van der Waals surface area contributed by atoms with E-state index in [0.717, 1.165) is 36.5 Å². The Morgan fingerprint density at radius 1 is 1.16 bits per heavy atom. The van der Waals surface area contributed by atoms with Gasteiger partial charge in [-0.2, -0.15) is 5.10 Å². The number of benzene rings is 2. The molecule has 2 aromatic carbocycles. The highest BCUT2D eigenvalue weighted by molar-refractivity contribution is 6.04. The molecule has 0 fully saturated rings. The maximum Gasteiger partial charge on any atom is 0.256 e. The van der Waals surface area contributed by atoms with Gasteiger partial charge < -0.3 is 5.32 Å². The first-order valence-corrected chi connectivity index (χ1v) is 8.39. The van der Waals surface area contributed by atoms with E-state index >= 15 is 0 Å². The number of hydrogen-bond acceptors (Lipinski definition) is 3. The molecule has 1 amide bonds. The summed E-state index contributed by atoms with van der Waals surface area (Å²) >= 11 is 0. The Morgan fingerprint density at radius 3 is 2.80 bits per heavy atom. The summed E-state index contributed by atoms with van der Waals surface area (Å²) in [5, 5.41) is 10.3. The molecule has 0 atom stereocenters. The van der Waals surface area contributed by atoms with E-state index in [-0.39, 0.29) is 5.91 Å². The van der Waals surface area contributed by atoms with Gasteiger partial charge in [-0.15, -0.1) is 0 Å². The van der Waals surface area contributed by atoms with Crippen molar-refractivity contribution in [1.82, 2.24) is 15.1 Å². The van der Waals surface area contributed by atoms with Crippen molar-refractivity contribution in [3.63, 3.8) is 0 Å². The maximum atomic E-state index is 12.5. The molecule has 5 nitrogen and oxygen atoms in total. The molecule has 0 aliphatic carbocycles. The summed E-state index contributed by atoms with van der Waals surface area (Å²) < 4.78 is 0. The van der Waals surface area contributed by atoms with E-state index in [1.807, 2.05) is 37.3 Å². The van der Waals surface area contributed by atoms with Crippen LogP contribution in [-0.4, -0.2) is 21.0 Å². The highest BCUT2D eigenvalue weighted by Gasteiger charge is 2.25. The number of anilines is 1. The summed E-state index contributed by atoms with van der Waals surface area (Å²) in [6.07, 6.45) is 0. The number of hydrogen-bond donors (Lipinski definition) is 2. The third kappa shape index (κ3) is 3.32. The summed E-state index contributed by atoms with van der Waals surface area (Å²) in [7, 11) is 0. The molecule has 0 radical (unpaired) electrons. The van der Waals surface area contributed by atoms with Gasteiger partial charge in [-0.3, -0.25) is 14.8 Å². The van der Waals surface area contributed by atoms with Crippen molar-refractivity contribution in [3.8, 4) is 0 Å². The van der Waals surface area contributed by atoms with Crippen LogP contribution in [0.4, 0.5) is 5.82 Å². The Bertz CT molecular complexity index is 901. The predicted octanol–water partition coefficient (Wildman–Crippen LogP) is 3.49. The predicted molar refractivity (Wildman–Crippen MR) is 97.1 cm³/mol. The Hall–Kier alpha value is -2.92. The van der Waals surface area contributed by atoms with Gasteiger partial charge in [-0.1, -0.05) is 48.0 Å². The first-order chi connectivity index (χ1) is 12.2. The molecule has 4 rings (SSSR count). The average Bonchev–Trinajstić information content (AvgIpc) is 3.17. The molecule has 1 aliphatic heterocycles. The van der Waals surface area contributed by atoms with Gasteiger partial charge in [0.2, 0.25) is 0 Å². The summed E-state index contributed by atoms with van der Waals surface area (Å²) in [5.41, 5.74) is 5.16. The van der Waals surface area contributed by atoms with Crippen LogP contribution in [0.15, 0.2) is 54.6 Å². The third-order valence-electron chi connectivity index (χ3n) is 4.48. The highest BCUT2D eigenvalue weighted by Crippen LogP contribution is 2.28. The number of rotatable bonds is 4. The number of H-pyrrole nitrogens is 1. The van der Waals surface area contributed by atoms with E-state index in [9.17, 15) is 4.79 Å². The monoisotopic (exact) mass is 332 g/mol. The highest BCUT2D eigenvalue weighted by atomic mass is 16.1. The van der Waals surface area contributed by atoms with Gasteiger partial charge >= 0.3 is 0 Å². The van der Waals surface area contributed by atoms with E-state index in [4.69, 9.17) is 0 Å². The van der Waals surface area contributed by atoms with E-state index in [1.165, 1.54) is 5.56 Å². The number of aromatic nitrogens is 2. The van der Waals surface area contributed by atoms with Crippen molar-refractivity contribution in [2.24, 2.45) is 0 Å². The first kappa shape index (κ1) is 15.6. The SMILES string of the molecule is Cc1cccc(C(=O)Nc2n[nH]c3c2CN(Cc2ccccc2)C3)c1. The Labute approximate surface area is 146 Å². The zero-order chi connectivity index (χ0) is 17.2. The molecule has 2 heterocycles. The molecule has 2 N–H and O–H groups in total. The standard InChI is InChI=1S/C20H20N4O/c1-14-6-5-9-16(10-14)20(25)21-19-17-12-24(13-18(17)22-23-19)11-15-7-3-2-4-8-15/h2-10H,11-13H2,1H3,(H2,21,22,23,25). The fourth-order valence-corrected chi connectivity index (χ4v) is 3.23. The third-order valence-corrected chi connectivity index (χ3v) is 4.48. The van der Waals surface area contributed by atoms with Crippen LogP contribution >= 0.6 is 0 Å². The van der Waals surface area contributed by atoms with E-state index < -0.39 is 0 Å². The van der Waals surface area contributed by atoms with Gasteiger partial charge in [0.15, 0.2) is 5.82 Å². The number of nitrogens with one attached hydrogen (secondary N) is 2. The van der Waals surface area contributed by atoms with E-state index in [2.05, 4.69) is 44.7 Å². The number of fused-ring (bicyclic) bond motifs is 1. The molecule has 25 heavy (non-hydrogen) atoms. The summed E-state index contributed by atoms with van der Waals surface area (Å²) in [5.74, 6) is 0.511. The lowest BCUT2D eigenvalue weighted by Gasteiger charge is -2.15. The Kier molecular flexibility index (Phi) is 4.07. The number of carbonyl (C=O) groups excluding carboxylic acids is 1. The molecule has 0 unspecified atom stereocenters. The van der Waals surface area contributed by atoms with Gasteiger partial charge in [0, 0.05) is 30.8 Å². The van der Waals surface area contributed by atoms with Gasteiger partial charge in [-0.05, 0) is 24.6 Å². The van der Waals surface area contributed by atoms with Crippen LogP contribution in [0.25, 0.3) is 0 Å². The molecular formula is C20H20N4O. The smallest absolute Gasteiger partial charge is 0.256 e. The molecule has 0 saturated carbocycles. The van der Waals surface area contributed by atoms with Gasteiger partial charge in [0.1, 0.15) is 0 Å². The summed E-state index contributed by atoms with van der Waals surface area (Å²) in [6, 6.07) is 18.0. The van der Waals surface area contributed by atoms with Crippen LogP contribution in [-0.2, 0) is 19.6 Å². The fraction of sp³-hybridized carbons (Fsp3) is 0.200. The Morgan fingerprint density at radius 2 is 2.00 bits per heavy atom. The van der Waals surface area contributed by atoms with E-state index in [0.29, 0.717) is 11.4 Å². The van der Waals surface area contributed by atoms with Crippen molar-refractivity contribution >= 4 is 11.7 Å². The molecular weight excluding hydrogens is 312 g/mol. The molecule has 5 heteroatoms. The second-order valence-electron chi connectivity index (χ2n) is 6.48. The Balaban J connectivity index is 1.46. The lowest BCUT2D eigenvalue weighted by Crippen LogP contribution is -2.18. The number of carbonyl (C=O) groups is 1. The van der Waals surface area contributed by atoms with Crippen LogP contribution in [0.2, 0.25) is 0 Å². The van der Waals surface area contributed by atoms with Crippen molar-refractivity contribution in [3.05, 3.63) is 82.5 Å². The zero-order valence-corrected chi connectivity index (χ0v) is 14.1. The maximum absolute atomic E-state index is 12.5. The van der Waals surface area contributed by atoms with Crippen LogP contribution in [0.3, 0.4) is 0 Å². The van der Waals surface area contributed by atoms with Crippen molar-refractivity contribution in [2.75, 3.05) is 5.32 Å². The topological polar surface area (TPSA) is 61.0 Å². The van der Waals surface area contributed by atoms with Crippen molar-refractivity contribution < 1.29 is 4.79 Å². The molecule has 1 aromatic heterocycles. The number of nitrogens with zero attached hydrogens (tertiary/aromatic N) is 2. The first-order valence-electron chi connectivity index (χ1n) is 8.39. The minimum atomic E-state index is -0.125. The molecule has 126 valence electrons. The number of aromatic amines is 1. The second-order valence-corrected chi connectivity index (χ2v) is 6.48. The average molecular weight is 332 g/mol. The molecule has 0 saturated heterocycles. The molecule has 3 aromatic rings. The zero-order valence-electron chi connectivity index (χ0n) is 14.1. The van der Waals surface area contributed by atoms with Gasteiger partial charge in [-0.25, -0.2) is 0 Å². The lowest BCUT2D eigenvalue weighted by molar-refractivity contribution is 0.102. The van der Waals surface area contributed by atoms with Crippen molar-refractivity contribution in [1.29, 1.82) is 0 Å². The lowest BCUT2D eigenvalue weighted by atomic mass is 10.1. The molecule has 1 aliphatic rings. The van der Waals surface area contributed by atoms with Gasteiger partial charge in [0.05, 0.1) is 5.69 Å². The molecule has 0 bridgehead atoms. The van der Waals surface area contributed by atoms with Crippen LogP contribution in [0, 0.1) is 6.92 Å².